The van der Waals surface area contributed by atoms with E-state index in [0.29, 0.717) is 53.3 Å². The van der Waals surface area contributed by atoms with E-state index in [9.17, 15) is 23.2 Å². The third kappa shape index (κ3) is 5.37. The molecule has 3 N–H and O–H groups in total. The predicted molar refractivity (Wildman–Crippen MR) is 155 cm³/mol. The van der Waals surface area contributed by atoms with E-state index in [4.69, 9.17) is 14.2 Å². The number of halogens is 2. The minimum Gasteiger partial charge on any atom is -0.497 e. The lowest BCUT2D eigenvalue weighted by Crippen LogP contribution is -2.46. The van der Waals surface area contributed by atoms with Crippen molar-refractivity contribution >= 4 is 17.7 Å². The van der Waals surface area contributed by atoms with Gasteiger partial charge in [-0.1, -0.05) is 0 Å². The Morgan fingerprint density at radius 2 is 1.85 bits per heavy atom. The number of benzene rings is 2. The Bertz CT molecular complexity index is 1740. The molecule has 4 aliphatic heterocycles. The van der Waals surface area contributed by atoms with Crippen LogP contribution in [-0.2, 0) is 15.0 Å². The molecule has 1 fully saturated rings. The van der Waals surface area contributed by atoms with Gasteiger partial charge in [0.15, 0.2) is 11.5 Å². The van der Waals surface area contributed by atoms with Crippen LogP contribution in [0.25, 0.3) is 0 Å². The number of carbonyl (C=O) groups excluding carboxylic acids is 3. The minimum absolute atomic E-state index is 0.0216. The quantitative estimate of drug-likeness (QED) is 0.370. The zero-order valence-electron chi connectivity index (χ0n) is 24.9. The first-order valence-electron chi connectivity index (χ1n) is 14.8. The van der Waals surface area contributed by atoms with Crippen molar-refractivity contribution < 1.29 is 46.8 Å². The monoisotopic (exact) mass is 636 g/mol. The van der Waals surface area contributed by atoms with E-state index < -0.39 is 23.9 Å². The molecule has 1 unspecified atom stereocenters. The van der Waals surface area contributed by atoms with Gasteiger partial charge in [-0.25, -0.2) is 0 Å². The Morgan fingerprint density at radius 3 is 2.59 bits per heavy atom. The van der Waals surface area contributed by atoms with Crippen molar-refractivity contribution in [3.63, 3.8) is 0 Å². The molecule has 4 atom stereocenters. The van der Waals surface area contributed by atoms with Crippen molar-refractivity contribution in [2.45, 2.75) is 56.1 Å². The number of hydrogen-bond donors (Lipinski definition) is 3. The van der Waals surface area contributed by atoms with Gasteiger partial charge in [-0.3, -0.25) is 19.4 Å². The number of alkyl halides is 2. The number of aromatic nitrogens is 1. The third-order valence-corrected chi connectivity index (χ3v) is 8.70. The number of pyridine rings is 1. The average molecular weight is 637 g/mol. The molecule has 46 heavy (non-hydrogen) atoms. The van der Waals surface area contributed by atoms with E-state index in [1.807, 2.05) is 6.07 Å². The number of hydrogen-bond acceptors (Lipinski definition) is 9. The SMILES string of the molecule is COc1ccc2c(c1)O[C@@H](c1ccc(C(=O)NC3CCNC(=O)C3)cn1)C[C@H]2NC(=O)[C@@]1(C)COc2cc3c(cc21)OC(F)(F)O3. The van der Waals surface area contributed by atoms with Crippen molar-refractivity contribution in [3.05, 3.63) is 71.0 Å². The summed E-state index contributed by atoms with van der Waals surface area (Å²) in [7, 11) is 1.53. The largest absolute Gasteiger partial charge is 0.586 e. The molecule has 0 aliphatic carbocycles. The maximum Gasteiger partial charge on any atom is 0.586 e. The van der Waals surface area contributed by atoms with Gasteiger partial charge >= 0.3 is 6.29 Å². The zero-order valence-corrected chi connectivity index (χ0v) is 24.9. The van der Waals surface area contributed by atoms with Crippen LogP contribution in [0, 0.1) is 0 Å². The van der Waals surface area contributed by atoms with E-state index >= 15 is 0 Å². The summed E-state index contributed by atoms with van der Waals surface area (Å²) in [4.78, 5) is 42.9. The van der Waals surface area contributed by atoms with E-state index in [2.05, 4.69) is 30.4 Å². The molecule has 3 amide bonds. The van der Waals surface area contributed by atoms with E-state index in [-0.39, 0.29) is 54.0 Å². The first-order valence-corrected chi connectivity index (χ1v) is 14.8. The molecule has 14 heteroatoms. The highest BCUT2D eigenvalue weighted by Gasteiger charge is 2.49. The number of nitrogens with one attached hydrogen (secondary N) is 3. The van der Waals surface area contributed by atoms with Crippen LogP contribution in [0.1, 0.15) is 65.5 Å². The molecule has 5 heterocycles. The lowest BCUT2D eigenvalue weighted by Gasteiger charge is -2.34. The standard InChI is InChI=1S/C32H30F2N4O8/c1-31(15-43-24-13-27-26(11-20(24)31)45-32(33,34)46-27)30(41)38-22-12-25(44-23-10-18(42-2)4-5-19(22)23)21-6-3-16(14-36-21)29(40)37-17-7-8-35-28(39)9-17/h3-6,10-11,13-14,17,22,25H,7-9,12,15H2,1-2H3,(H,35,39)(H,37,40)(H,38,41)/t17?,22-,25-,31+/m1/s1. The number of methoxy groups -OCH3 is 1. The number of ether oxygens (including phenoxy) is 5. The van der Waals surface area contributed by atoms with Crippen LogP contribution in [0.5, 0.6) is 28.7 Å². The molecule has 1 saturated heterocycles. The van der Waals surface area contributed by atoms with Gasteiger partial charge in [0.1, 0.15) is 35.4 Å². The highest BCUT2D eigenvalue weighted by atomic mass is 19.3. The van der Waals surface area contributed by atoms with Gasteiger partial charge in [-0.05, 0) is 43.7 Å². The number of nitrogens with zero attached hydrogens (tertiary/aromatic N) is 1. The second-order valence-electron chi connectivity index (χ2n) is 11.8. The average Bonchev–Trinajstić information content (AvgIpc) is 3.53. The highest BCUT2D eigenvalue weighted by molar-refractivity contribution is 5.94. The van der Waals surface area contributed by atoms with Crippen LogP contribution < -0.4 is 39.6 Å². The van der Waals surface area contributed by atoms with Crippen LogP contribution in [0.15, 0.2) is 48.7 Å². The fourth-order valence-corrected chi connectivity index (χ4v) is 6.13. The zero-order chi connectivity index (χ0) is 32.2. The topological polar surface area (TPSA) is 146 Å². The number of amides is 3. The van der Waals surface area contributed by atoms with E-state index in [1.54, 1.807) is 31.2 Å². The Kier molecular flexibility index (Phi) is 7.09. The van der Waals surface area contributed by atoms with Crippen molar-refractivity contribution in [3.8, 4) is 28.7 Å². The minimum atomic E-state index is -3.80. The Balaban J connectivity index is 1.11. The maximum atomic E-state index is 13.9. The molecule has 0 bridgehead atoms. The fourth-order valence-electron chi connectivity index (χ4n) is 6.13. The Labute approximate surface area is 261 Å². The van der Waals surface area contributed by atoms with Gasteiger partial charge in [0, 0.05) is 54.9 Å². The highest BCUT2D eigenvalue weighted by Crippen LogP contribution is 2.50. The van der Waals surface area contributed by atoms with Crippen LogP contribution in [0.3, 0.4) is 0 Å². The molecule has 0 radical (unpaired) electrons. The number of carbonyl (C=O) groups is 3. The molecule has 12 nitrogen and oxygen atoms in total. The summed E-state index contributed by atoms with van der Waals surface area (Å²) < 4.78 is 54.0. The second-order valence-corrected chi connectivity index (χ2v) is 11.8. The third-order valence-electron chi connectivity index (χ3n) is 8.70. The summed E-state index contributed by atoms with van der Waals surface area (Å²) in [5, 5.41) is 8.73. The lowest BCUT2D eigenvalue weighted by atomic mass is 9.82. The van der Waals surface area contributed by atoms with E-state index in [1.165, 1.54) is 25.4 Å². The maximum absolute atomic E-state index is 13.9. The molecular formula is C32H30F2N4O8. The fraction of sp³-hybridized carbons (Fsp3) is 0.375. The van der Waals surface area contributed by atoms with Gasteiger partial charge in [0.25, 0.3) is 5.91 Å². The Morgan fingerprint density at radius 1 is 1.04 bits per heavy atom. The summed E-state index contributed by atoms with van der Waals surface area (Å²) in [5.74, 6) is 0.132. The number of piperidine rings is 1. The molecule has 0 spiro atoms. The Hall–Kier alpha value is -5.14. The summed E-state index contributed by atoms with van der Waals surface area (Å²) >= 11 is 0. The summed E-state index contributed by atoms with van der Waals surface area (Å²) in [6, 6.07) is 10.5. The first-order chi connectivity index (χ1) is 22.0. The first kappa shape index (κ1) is 29.6. The van der Waals surface area contributed by atoms with Crippen LogP contribution in [0.2, 0.25) is 0 Å². The predicted octanol–water partition coefficient (Wildman–Crippen LogP) is 3.45. The summed E-state index contributed by atoms with van der Waals surface area (Å²) in [5.41, 5.74) is 0.761. The normalized spacial score (nSPS) is 25.2. The summed E-state index contributed by atoms with van der Waals surface area (Å²) in [6.45, 7) is 2.16. The molecule has 4 aliphatic rings. The van der Waals surface area contributed by atoms with Gasteiger partial charge in [-0.2, -0.15) is 0 Å². The van der Waals surface area contributed by atoms with Crippen molar-refractivity contribution in [2.75, 3.05) is 20.3 Å². The number of rotatable bonds is 6. The van der Waals surface area contributed by atoms with Gasteiger partial charge in [0.2, 0.25) is 11.8 Å². The molecule has 2 aromatic carbocycles. The molecule has 240 valence electrons. The van der Waals surface area contributed by atoms with Gasteiger partial charge in [-0.15, -0.1) is 8.78 Å². The second kappa shape index (κ2) is 11.0. The van der Waals surface area contributed by atoms with Crippen molar-refractivity contribution in [1.82, 2.24) is 20.9 Å². The van der Waals surface area contributed by atoms with Gasteiger partial charge < -0.3 is 39.6 Å². The van der Waals surface area contributed by atoms with Crippen molar-refractivity contribution in [1.29, 1.82) is 0 Å². The molecule has 1 aromatic heterocycles. The summed E-state index contributed by atoms with van der Waals surface area (Å²) in [6.07, 6.45) is -1.78. The molecule has 3 aromatic rings. The van der Waals surface area contributed by atoms with Crippen LogP contribution in [0.4, 0.5) is 8.78 Å². The van der Waals surface area contributed by atoms with Crippen LogP contribution >= 0.6 is 0 Å². The van der Waals surface area contributed by atoms with Gasteiger partial charge in [0.05, 0.1) is 24.4 Å². The van der Waals surface area contributed by atoms with Crippen molar-refractivity contribution in [2.24, 2.45) is 0 Å². The number of fused-ring (bicyclic) bond motifs is 3. The smallest absolute Gasteiger partial charge is 0.497 e. The molecular weight excluding hydrogens is 606 g/mol. The molecule has 0 saturated carbocycles. The molecule has 7 rings (SSSR count). The van der Waals surface area contributed by atoms with Crippen LogP contribution in [-0.4, -0.2) is 55.3 Å². The van der Waals surface area contributed by atoms with E-state index in [0.717, 1.165) is 0 Å². The lowest BCUT2D eigenvalue weighted by molar-refractivity contribution is -0.286.